The molecule has 1 saturated heterocycles. The number of aliphatic hydroxyl groups is 3. The fourth-order valence-corrected chi connectivity index (χ4v) is 1.51. The predicted molar refractivity (Wildman–Crippen MR) is 56.8 cm³/mol. The molecule has 1 aliphatic rings. The van der Waals surface area contributed by atoms with Crippen molar-refractivity contribution in [1.29, 1.82) is 0 Å². The molecule has 1 heterocycles. The Labute approximate surface area is 94.4 Å². The Morgan fingerprint density at radius 2 is 2.20 bits per heavy atom. The third-order valence-corrected chi connectivity index (χ3v) is 2.39. The molecule has 6 heteroatoms. The van der Waals surface area contributed by atoms with Crippen LogP contribution in [0.3, 0.4) is 0 Å². The third-order valence-electron chi connectivity index (χ3n) is 2.24. The number of thiol groups is 1. The van der Waals surface area contributed by atoms with Crippen molar-refractivity contribution in [1.82, 2.24) is 0 Å². The lowest BCUT2D eigenvalue weighted by Crippen LogP contribution is -2.50. The standard InChI is InChI=1S/C9H18O5S/c1-5(15)4-13-8-2-6(11)9(12)7(3-10)14-8/h5-12,15H,2-4H2,1H3/t5-,6+,7+,8+,9+/m0/s1. The van der Waals surface area contributed by atoms with E-state index < -0.39 is 24.6 Å². The first-order chi connectivity index (χ1) is 7.04. The maximum absolute atomic E-state index is 9.47. The van der Waals surface area contributed by atoms with Gasteiger partial charge in [-0.15, -0.1) is 0 Å². The second-order valence-corrected chi connectivity index (χ2v) is 4.64. The highest BCUT2D eigenvalue weighted by Crippen LogP contribution is 2.21. The van der Waals surface area contributed by atoms with Crippen LogP contribution in [-0.2, 0) is 9.47 Å². The summed E-state index contributed by atoms with van der Waals surface area (Å²) >= 11 is 4.14. The van der Waals surface area contributed by atoms with E-state index in [0.717, 1.165) is 0 Å². The number of ether oxygens (including phenoxy) is 2. The first kappa shape index (κ1) is 13.2. The van der Waals surface area contributed by atoms with E-state index in [4.69, 9.17) is 14.6 Å². The van der Waals surface area contributed by atoms with Crippen LogP contribution in [0.4, 0.5) is 0 Å². The topological polar surface area (TPSA) is 79.2 Å². The fourth-order valence-electron chi connectivity index (χ4n) is 1.42. The number of rotatable bonds is 4. The minimum atomic E-state index is -1.05. The molecule has 5 atom stereocenters. The van der Waals surface area contributed by atoms with E-state index in [1.165, 1.54) is 0 Å². The van der Waals surface area contributed by atoms with Gasteiger partial charge < -0.3 is 24.8 Å². The van der Waals surface area contributed by atoms with Crippen LogP contribution in [0.1, 0.15) is 13.3 Å². The fraction of sp³-hybridized carbons (Fsp3) is 1.00. The van der Waals surface area contributed by atoms with Crippen molar-refractivity contribution in [2.45, 2.75) is 43.2 Å². The van der Waals surface area contributed by atoms with Gasteiger partial charge in [-0.05, 0) is 0 Å². The smallest absolute Gasteiger partial charge is 0.160 e. The maximum atomic E-state index is 9.47. The number of hydrogen-bond donors (Lipinski definition) is 4. The SMILES string of the molecule is C[C@H](S)CO[C@H]1C[C@@H](O)[C@@H](O)[C@@H](CO)O1. The lowest BCUT2D eigenvalue weighted by atomic mass is 10.0. The molecule has 1 fully saturated rings. The summed E-state index contributed by atoms with van der Waals surface area (Å²) < 4.78 is 10.6. The Morgan fingerprint density at radius 1 is 1.53 bits per heavy atom. The first-order valence-corrected chi connectivity index (χ1v) is 5.48. The Balaban J connectivity index is 2.41. The number of hydrogen-bond acceptors (Lipinski definition) is 6. The van der Waals surface area contributed by atoms with Crippen molar-refractivity contribution in [3.8, 4) is 0 Å². The highest BCUT2D eigenvalue weighted by molar-refractivity contribution is 7.80. The zero-order valence-corrected chi connectivity index (χ0v) is 9.51. The van der Waals surface area contributed by atoms with Crippen molar-refractivity contribution in [3.63, 3.8) is 0 Å². The van der Waals surface area contributed by atoms with E-state index in [-0.39, 0.29) is 18.3 Å². The second-order valence-electron chi connectivity index (χ2n) is 3.76. The molecular formula is C9H18O5S. The molecule has 0 aromatic heterocycles. The first-order valence-electron chi connectivity index (χ1n) is 4.96. The summed E-state index contributed by atoms with van der Waals surface area (Å²) in [6.07, 6.45) is -3.14. The summed E-state index contributed by atoms with van der Waals surface area (Å²) in [5.41, 5.74) is 0. The molecule has 0 aromatic carbocycles. The Bertz CT molecular complexity index is 189. The third kappa shape index (κ3) is 3.90. The van der Waals surface area contributed by atoms with Gasteiger partial charge in [-0.2, -0.15) is 12.6 Å². The zero-order chi connectivity index (χ0) is 11.4. The van der Waals surface area contributed by atoms with E-state index in [1.54, 1.807) is 0 Å². The van der Waals surface area contributed by atoms with Gasteiger partial charge in [0.1, 0.15) is 12.2 Å². The van der Waals surface area contributed by atoms with Crippen molar-refractivity contribution >= 4 is 12.6 Å². The van der Waals surface area contributed by atoms with Gasteiger partial charge >= 0.3 is 0 Å². The lowest BCUT2D eigenvalue weighted by molar-refractivity contribution is -0.256. The zero-order valence-electron chi connectivity index (χ0n) is 8.61. The highest BCUT2D eigenvalue weighted by Gasteiger charge is 2.36. The number of aliphatic hydroxyl groups excluding tert-OH is 3. The molecule has 90 valence electrons. The van der Waals surface area contributed by atoms with Gasteiger partial charge in [0.15, 0.2) is 6.29 Å². The van der Waals surface area contributed by atoms with Crippen LogP contribution in [-0.4, -0.2) is 58.4 Å². The van der Waals surface area contributed by atoms with Crippen molar-refractivity contribution in [3.05, 3.63) is 0 Å². The van der Waals surface area contributed by atoms with Gasteiger partial charge in [0.25, 0.3) is 0 Å². The summed E-state index contributed by atoms with van der Waals surface area (Å²) in [4.78, 5) is 0. The van der Waals surface area contributed by atoms with Gasteiger partial charge in [0.2, 0.25) is 0 Å². The van der Waals surface area contributed by atoms with Crippen LogP contribution in [0, 0.1) is 0 Å². The average Bonchev–Trinajstić information content (AvgIpc) is 2.19. The summed E-state index contributed by atoms with van der Waals surface area (Å²) in [6.45, 7) is 1.93. The van der Waals surface area contributed by atoms with Crippen LogP contribution in [0.25, 0.3) is 0 Å². The molecule has 0 radical (unpaired) electrons. The Morgan fingerprint density at radius 3 is 2.73 bits per heavy atom. The molecule has 3 N–H and O–H groups in total. The molecule has 0 aliphatic carbocycles. The molecule has 1 aliphatic heterocycles. The maximum Gasteiger partial charge on any atom is 0.160 e. The normalized spacial score (nSPS) is 39.0. The predicted octanol–water partition coefficient (Wildman–Crippen LogP) is -0.850. The minimum absolute atomic E-state index is 0.0742. The minimum Gasteiger partial charge on any atom is -0.394 e. The molecule has 0 spiro atoms. The van der Waals surface area contributed by atoms with Crippen LogP contribution in [0.2, 0.25) is 0 Å². The summed E-state index contributed by atoms with van der Waals surface area (Å²) in [6, 6.07) is 0. The monoisotopic (exact) mass is 238 g/mol. The van der Waals surface area contributed by atoms with Gasteiger partial charge in [-0.25, -0.2) is 0 Å². The van der Waals surface area contributed by atoms with Crippen LogP contribution < -0.4 is 0 Å². The van der Waals surface area contributed by atoms with E-state index in [2.05, 4.69) is 12.6 Å². The van der Waals surface area contributed by atoms with Crippen molar-refractivity contribution in [2.75, 3.05) is 13.2 Å². The van der Waals surface area contributed by atoms with Crippen LogP contribution in [0.5, 0.6) is 0 Å². The van der Waals surface area contributed by atoms with Gasteiger partial charge in [0, 0.05) is 11.7 Å². The summed E-state index contributed by atoms with van der Waals surface area (Å²) in [5, 5.41) is 27.9. The molecule has 1 rings (SSSR count). The Kier molecular flexibility index (Phi) is 5.31. The van der Waals surface area contributed by atoms with Crippen molar-refractivity contribution < 1.29 is 24.8 Å². The highest BCUT2D eigenvalue weighted by atomic mass is 32.1. The van der Waals surface area contributed by atoms with E-state index in [1.807, 2.05) is 6.92 Å². The molecule has 0 bridgehead atoms. The molecular weight excluding hydrogens is 220 g/mol. The second kappa shape index (κ2) is 6.03. The molecule has 0 saturated carbocycles. The lowest BCUT2D eigenvalue weighted by Gasteiger charge is -2.36. The van der Waals surface area contributed by atoms with Gasteiger partial charge in [-0.3, -0.25) is 0 Å². The quantitative estimate of drug-likeness (QED) is 0.480. The largest absolute Gasteiger partial charge is 0.394 e. The molecule has 15 heavy (non-hydrogen) atoms. The average molecular weight is 238 g/mol. The molecule has 5 nitrogen and oxygen atoms in total. The van der Waals surface area contributed by atoms with E-state index >= 15 is 0 Å². The Hall–Kier alpha value is 0.150. The van der Waals surface area contributed by atoms with Crippen molar-refractivity contribution in [2.24, 2.45) is 0 Å². The van der Waals surface area contributed by atoms with Gasteiger partial charge in [0.05, 0.1) is 19.3 Å². The molecule has 0 aromatic rings. The summed E-state index contributed by atoms with van der Waals surface area (Å²) in [5.74, 6) is 0. The van der Waals surface area contributed by atoms with E-state index in [0.29, 0.717) is 6.61 Å². The summed E-state index contributed by atoms with van der Waals surface area (Å²) in [7, 11) is 0. The van der Waals surface area contributed by atoms with Crippen LogP contribution >= 0.6 is 12.6 Å². The molecule has 0 amide bonds. The van der Waals surface area contributed by atoms with Crippen LogP contribution in [0.15, 0.2) is 0 Å². The molecule has 0 unspecified atom stereocenters. The van der Waals surface area contributed by atoms with Gasteiger partial charge in [-0.1, -0.05) is 6.92 Å². The van der Waals surface area contributed by atoms with E-state index in [9.17, 15) is 10.2 Å².